The van der Waals surface area contributed by atoms with Gasteiger partial charge in [0.1, 0.15) is 6.10 Å². The molecule has 8 nitrogen and oxygen atoms in total. The van der Waals surface area contributed by atoms with E-state index in [2.05, 4.69) is 5.32 Å². The topological polar surface area (TPSA) is 116 Å². The van der Waals surface area contributed by atoms with E-state index in [0.717, 1.165) is 0 Å². The molecule has 2 atom stereocenters. The third-order valence-electron chi connectivity index (χ3n) is 4.05. The molecule has 1 aliphatic rings. The van der Waals surface area contributed by atoms with Crippen molar-refractivity contribution in [2.75, 3.05) is 13.1 Å². The van der Waals surface area contributed by atoms with E-state index in [1.54, 1.807) is 29.2 Å². The second kappa shape index (κ2) is 8.48. The van der Waals surface area contributed by atoms with Crippen LogP contribution in [0.1, 0.15) is 30.1 Å². The van der Waals surface area contributed by atoms with Gasteiger partial charge in [0, 0.05) is 31.5 Å². The zero-order chi connectivity index (χ0) is 18.4. The van der Waals surface area contributed by atoms with Crippen LogP contribution in [0.5, 0.6) is 0 Å². The van der Waals surface area contributed by atoms with Gasteiger partial charge in [-0.25, -0.2) is 9.59 Å². The number of amides is 2. The number of rotatable bonds is 5. The minimum absolute atomic E-state index is 0.0662. The molecule has 1 saturated heterocycles. The number of carboxylic acids is 1. The Kier molecular flexibility index (Phi) is 6.35. The average Bonchev–Trinajstić information content (AvgIpc) is 2.60. The number of hydrogen-bond acceptors (Lipinski definition) is 5. The van der Waals surface area contributed by atoms with Crippen LogP contribution in [0, 0.1) is 0 Å². The van der Waals surface area contributed by atoms with E-state index in [9.17, 15) is 19.5 Å². The summed E-state index contributed by atoms with van der Waals surface area (Å²) < 4.78 is 5.19. The molecule has 1 fully saturated rings. The van der Waals surface area contributed by atoms with Crippen molar-refractivity contribution in [3.63, 3.8) is 0 Å². The Balaban J connectivity index is 1.81. The SMILES string of the molecule is C[C@H](O)[C@@H](NC(=O)OC1CCN(C(=O)c2ccccc2)CC1)C(=O)O. The highest BCUT2D eigenvalue weighted by atomic mass is 16.6. The van der Waals surface area contributed by atoms with Gasteiger partial charge in [-0.3, -0.25) is 4.79 Å². The predicted octanol–water partition coefficient (Wildman–Crippen LogP) is 0.851. The minimum atomic E-state index is -1.42. The fourth-order valence-electron chi connectivity index (χ4n) is 2.64. The van der Waals surface area contributed by atoms with E-state index in [1.807, 2.05) is 6.07 Å². The van der Waals surface area contributed by atoms with Gasteiger partial charge in [-0.2, -0.15) is 0 Å². The summed E-state index contributed by atoms with van der Waals surface area (Å²) in [5, 5.41) is 20.4. The molecule has 1 heterocycles. The van der Waals surface area contributed by atoms with Crippen LogP contribution in [0.4, 0.5) is 4.79 Å². The van der Waals surface area contributed by atoms with E-state index in [1.165, 1.54) is 6.92 Å². The second-order valence-corrected chi connectivity index (χ2v) is 5.96. The molecular formula is C17H22N2O6. The van der Waals surface area contributed by atoms with Crippen LogP contribution in [-0.2, 0) is 9.53 Å². The summed E-state index contributed by atoms with van der Waals surface area (Å²) in [6.07, 6.45) is -1.59. The molecule has 1 aromatic carbocycles. The maximum Gasteiger partial charge on any atom is 0.408 e. The molecule has 1 aromatic rings. The van der Waals surface area contributed by atoms with Crippen LogP contribution in [0.25, 0.3) is 0 Å². The first-order valence-corrected chi connectivity index (χ1v) is 8.11. The van der Waals surface area contributed by atoms with Crippen molar-refractivity contribution in [2.45, 2.75) is 38.0 Å². The molecule has 25 heavy (non-hydrogen) atoms. The summed E-state index contributed by atoms with van der Waals surface area (Å²) in [5.74, 6) is -1.40. The van der Waals surface area contributed by atoms with Gasteiger partial charge in [0.05, 0.1) is 6.10 Å². The Morgan fingerprint density at radius 2 is 1.80 bits per heavy atom. The summed E-state index contributed by atoms with van der Waals surface area (Å²) in [7, 11) is 0. The Labute approximate surface area is 145 Å². The van der Waals surface area contributed by atoms with Gasteiger partial charge >= 0.3 is 12.1 Å². The molecule has 0 spiro atoms. The number of carbonyl (C=O) groups excluding carboxylic acids is 2. The maximum atomic E-state index is 12.3. The Hall–Kier alpha value is -2.61. The Morgan fingerprint density at radius 3 is 2.32 bits per heavy atom. The molecule has 1 aliphatic heterocycles. The molecule has 136 valence electrons. The number of alkyl carbamates (subject to hydrolysis) is 1. The molecule has 2 amide bonds. The number of carboxylic acid groups (broad SMARTS) is 1. The quantitative estimate of drug-likeness (QED) is 0.725. The molecule has 0 aliphatic carbocycles. The van der Waals surface area contributed by atoms with E-state index in [0.29, 0.717) is 31.5 Å². The summed E-state index contributed by atoms with van der Waals surface area (Å²) in [6.45, 7) is 2.17. The van der Waals surface area contributed by atoms with Crippen molar-refractivity contribution in [1.29, 1.82) is 0 Å². The van der Waals surface area contributed by atoms with Crippen molar-refractivity contribution in [2.24, 2.45) is 0 Å². The lowest BCUT2D eigenvalue weighted by atomic mass is 10.1. The standard InChI is InChI=1S/C17H22N2O6/c1-11(20)14(16(22)23)18-17(24)25-13-7-9-19(10-8-13)15(21)12-5-3-2-4-6-12/h2-6,11,13-14,20H,7-10H2,1H3,(H,18,24)(H,22,23)/t11-,14+/m0/s1. The zero-order valence-corrected chi connectivity index (χ0v) is 13.9. The molecule has 3 N–H and O–H groups in total. The van der Waals surface area contributed by atoms with E-state index in [4.69, 9.17) is 9.84 Å². The maximum absolute atomic E-state index is 12.3. The summed E-state index contributed by atoms with van der Waals surface area (Å²) >= 11 is 0. The number of benzene rings is 1. The fourth-order valence-corrected chi connectivity index (χ4v) is 2.64. The van der Waals surface area contributed by atoms with Crippen molar-refractivity contribution in [3.8, 4) is 0 Å². The molecule has 0 saturated carbocycles. The highest BCUT2D eigenvalue weighted by Crippen LogP contribution is 2.16. The van der Waals surface area contributed by atoms with Gasteiger partial charge in [-0.15, -0.1) is 0 Å². The lowest BCUT2D eigenvalue weighted by molar-refractivity contribution is -0.142. The molecule has 8 heteroatoms. The van der Waals surface area contributed by atoms with Gasteiger partial charge < -0.3 is 25.2 Å². The average molecular weight is 350 g/mol. The predicted molar refractivity (Wildman–Crippen MR) is 88.1 cm³/mol. The van der Waals surface area contributed by atoms with Crippen molar-refractivity contribution in [3.05, 3.63) is 35.9 Å². The number of nitrogens with one attached hydrogen (secondary N) is 1. The fraction of sp³-hybridized carbons (Fsp3) is 0.471. The molecule has 0 radical (unpaired) electrons. The van der Waals surface area contributed by atoms with Crippen molar-refractivity contribution < 1.29 is 29.3 Å². The Bertz CT molecular complexity index is 611. The molecule has 0 aromatic heterocycles. The number of aliphatic hydroxyl groups excluding tert-OH is 1. The third kappa shape index (κ3) is 5.18. The molecule has 0 bridgehead atoms. The number of aliphatic carboxylic acids is 1. The Morgan fingerprint density at radius 1 is 1.20 bits per heavy atom. The monoisotopic (exact) mass is 350 g/mol. The van der Waals surface area contributed by atoms with Gasteiger partial charge in [-0.05, 0) is 19.1 Å². The lowest BCUT2D eigenvalue weighted by Gasteiger charge is -2.32. The van der Waals surface area contributed by atoms with Gasteiger partial charge in [0.25, 0.3) is 5.91 Å². The van der Waals surface area contributed by atoms with Crippen LogP contribution in [0.2, 0.25) is 0 Å². The highest BCUT2D eigenvalue weighted by Gasteiger charge is 2.29. The van der Waals surface area contributed by atoms with E-state index >= 15 is 0 Å². The third-order valence-corrected chi connectivity index (χ3v) is 4.05. The lowest BCUT2D eigenvalue weighted by Crippen LogP contribution is -2.49. The molecule has 0 unspecified atom stereocenters. The van der Waals surface area contributed by atoms with Crippen LogP contribution in [0.3, 0.4) is 0 Å². The first-order valence-electron chi connectivity index (χ1n) is 8.11. The number of hydrogen-bond donors (Lipinski definition) is 3. The number of ether oxygens (including phenoxy) is 1. The largest absolute Gasteiger partial charge is 0.480 e. The number of likely N-dealkylation sites (tertiary alicyclic amines) is 1. The normalized spacial score (nSPS) is 17.4. The van der Waals surface area contributed by atoms with E-state index < -0.39 is 30.3 Å². The number of nitrogens with zero attached hydrogens (tertiary/aromatic N) is 1. The first-order chi connectivity index (χ1) is 11.9. The van der Waals surface area contributed by atoms with E-state index in [-0.39, 0.29) is 5.91 Å². The second-order valence-electron chi connectivity index (χ2n) is 5.96. The van der Waals surface area contributed by atoms with Gasteiger partial charge in [0.2, 0.25) is 0 Å². The van der Waals surface area contributed by atoms with Gasteiger partial charge in [0.15, 0.2) is 6.04 Å². The number of carbonyl (C=O) groups is 3. The summed E-state index contributed by atoms with van der Waals surface area (Å²) in [6, 6.07) is 7.52. The van der Waals surface area contributed by atoms with Crippen LogP contribution in [-0.4, -0.2) is 64.4 Å². The zero-order valence-electron chi connectivity index (χ0n) is 13.9. The van der Waals surface area contributed by atoms with Crippen molar-refractivity contribution in [1.82, 2.24) is 10.2 Å². The molecular weight excluding hydrogens is 328 g/mol. The number of piperidine rings is 1. The van der Waals surface area contributed by atoms with Crippen molar-refractivity contribution >= 4 is 18.0 Å². The highest BCUT2D eigenvalue weighted by molar-refractivity contribution is 5.94. The van der Waals surface area contributed by atoms with Gasteiger partial charge in [-0.1, -0.05) is 18.2 Å². The molecule has 2 rings (SSSR count). The smallest absolute Gasteiger partial charge is 0.408 e. The summed E-state index contributed by atoms with van der Waals surface area (Å²) in [4.78, 5) is 36.8. The minimum Gasteiger partial charge on any atom is -0.480 e. The van der Waals surface area contributed by atoms with Crippen LogP contribution in [0.15, 0.2) is 30.3 Å². The van der Waals surface area contributed by atoms with Crippen LogP contribution < -0.4 is 5.32 Å². The first kappa shape index (κ1) is 18.7. The number of aliphatic hydroxyl groups is 1. The van der Waals surface area contributed by atoms with Crippen LogP contribution >= 0.6 is 0 Å². The summed E-state index contributed by atoms with van der Waals surface area (Å²) in [5.41, 5.74) is 0.612.